The quantitative estimate of drug-likeness (QED) is 0.772. The monoisotopic (exact) mass is 344 g/mol. The highest BCUT2D eigenvalue weighted by Crippen LogP contribution is 2.17. The predicted molar refractivity (Wildman–Crippen MR) is 85.1 cm³/mol. The molecule has 3 aromatic rings. The second-order valence-electron chi connectivity index (χ2n) is 4.63. The largest absolute Gasteiger partial charge is 0.441 e. The summed E-state index contributed by atoms with van der Waals surface area (Å²) in [6.07, 6.45) is 0.813. The minimum absolute atomic E-state index is 0.0599. The van der Waals surface area contributed by atoms with Crippen LogP contribution in [0.2, 0.25) is 0 Å². The number of oxazole rings is 1. The van der Waals surface area contributed by atoms with E-state index in [9.17, 15) is 4.79 Å². The van der Waals surface area contributed by atoms with E-state index in [0.717, 1.165) is 21.3 Å². The first-order chi connectivity index (χ1) is 10.2. The van der Waals surface area contributed by atoms with Crippen molar-refractivity contribution >= 4 is 38.6 Å². The lowest BCUT2D eigenvalue weighted by atomic mass is 10.2. The summed E-state index contributed by atoms with van der Waals surface area (Å²) in [7, 11) is 0. The van der Waals surface area contributed by atoms with E-state index in [0.29, 0.717) is 18.7 Å². The first-order valence-corrected chi connectivity index (χ1v) is 7.40. The molecule has 0 aliphatic heterocycles. The molecule has 0 aliphatic rings. The van der Waals surface area contributed by atoms with Gasteiger partial charge in [0.2, 0.25) is 5.91 Å². The Kier molecular flexibility index (Phi) is 4.01. The molecular formula is C16H13BrN2O2. The van der Waals surface area contributed by atoms with E-state index in [1.807, 2.05) is 48.5 Å². The van der Waals surface area contributed by atoms with Crippen LogP contribution >= 0.6 is 15.9 Å². The molecule has 0 bridgehead atoms. The Balaban J connectivity index is 1.60. The molecule has 1 amide bonds. The van der Waals surface area contributed by atoms with Crippen LogP contribution in [-0.2, 0) is 11.2 Å². The topological polar surface area (TPSA) is 55.1 Å². The van der Waals surface area contributed by atoms with Crippen LogP contribution in [0, 0.1) is 0 Å². The summed E-state index contributed by atoms with van der Waals surface area (Å²) in [5.41, 5.74) is 2.34. The van der Waals surface area contributed by atoms with Gasteiger partial charge in [-0.2, -0.15) is 0 Å². The van der Waals surface area contributed by atoms with Gasteiger partial charge in [0.05, 0.1) is 0 Å². The van der Waals surface area contributed by atoms with Crippen LogP contribution in [0.1, 0.15) is 12.3 Å². The van der Waals surface area contributed by atoms with E-state index in [1.165, 1.54) is 0 Å². The number of amides is 1. The second kappa shape index (κ2) is 6.10. The minimum atomic E-state index is -0.0599. The van der Waals surface area contributed by atoms with Gasteiger partial charge in [-0.1, -0.05) is 34.1 Å². The Labute approximate surface area is 130 Å². The van der Waals surface area contributed by atoms with E-state index >= 15 is 0 Å². The lowest BCUT2D eigenvalue weighted by Gasteiger charge is -2.04. The van der Waals surface area contributed by atoms with E-state index in [2.05, 4.69) is 26.2 Å². The van der Waals surface area contributed by atoms with Gasteiger partial charge >= 0.3 is 0 Å². The van der Waals surface area contributed by atoms with Crippen LogP contribution in [0.4, 0.5) is 5.69 Å². The van der Waals surface area contributed by atoms with Gasteiger partial charge in [0, 0.05) is 23.0 Å². The first kappa shape index (κ1) is 13.8. The molecule has 2 aromatic carbocycles. The van der Waals surface area contributed by atoms with Crippen LogP contribution in [-0.4, -0.2) is 10.9 Å². The molecule has 1 aromatic heterocycles. The van der Waals surface area contributed by atoms with Gasteiger partial charge in [-0.25, -0.2) is 4.98 Å². The molecule has 0 saturated heterocycles. The summed E-state index contributed by atoms with van der Waals surface area (Å²) in [5.74, 6) is 0.524. The number of nitrogens with one attached hydrogen (secondary N) is 1. The number of aromatic nitrogens is 1. The molecule has 5 heteroatoms. The maximum absolute atomic E-state index is 11.9. The number of benzene rings is 2. The average Bonchev–Trinajstić information content (AvgIpc) is 2.88. The number of carbonyl (C=O) groups is 1. The Bertz CT molecular complexity index is 750. The van der Waals surface area contributed by atoms with Gasteiger partial charge in [0.25, 0.3) is 0 Å². The molecule has 4 nitrogen and oxygen atoms in total. The van der Waals surface area contributed by atoms with Crippen molar-refractivity contribution in [3.05, 3.63) is 58.9 Å². The predicted octanol–water partition coefficient (Wildman–Crippen LogP) is 4.16. The number of hydrogen-bond donors (Lipinski definition) is 1. The molecule has 0 aliphatic carbocycles. The average molecular weight is 345 g/mol. The van der Waals surface area contributed by atoms with Crippen molar-refractivity contribution in [2.45, 2.75) is 12.8 Å². The zero-order chi connectivity index (χ0) is 14.7. The molecule has 0 radical (unpaired) electrons. The molecule has 106 valence electrons. The normalized spacial score (nSPS) is 10.7. The molecule has 0 saturated carbocycles. The summed E-state index contributed by atoms with van der Waals surface area (Å²) in [6, 6.07) is 15.1. The van der Waals surface area contributed by atoms with Crippen molar-refractivity contribution in [1.29, 1.82) is 0 Å². The third-order valence-electron chi connectivity index (χ3n) is 3.01. The van der Waals surface area contributed by atoms with Crippen LogP contribution in [0.15, 0.2) is 57.4 Å². The highest BCUT2D eigenvalue weighted by atomic mass is 79.9. The highest BCUT2D eigenvalue weighted by Gasteiger charge is 2.08. The van der Waals surface area contributed by atoms with Crippen LogP contribution < -0.4 is 5.32 Å². The van der Waals surface area contributed by atoms with Crippen molar-refractivity contribution in [3.63, 3.8) is 0 Å². The molecule has 21 heavy (non-hydrogen) atoms. The number of para-hydroxylation sites is 2. The van der Waals surface area contributed by atoms with Gasteiger partial charge in [-0.3, -0.25) is 4.79 Å². The Morgan fingerprint density at radius 2 is 2.05 bits per heavy atom. The Morgan fingerprint density at radius 1 is 1.19 bits per heavy atom. The SMILES string of the molecule is O=C(CCc1nc2ccccc2o1)Nc1cccc(Br)c1. The molecule has 1 heterocycles. The van der Waals surface area contributed by atoms with Gasteiger partial charge in [0.1, 0.15) is 5.52 Å². The van der Waals surface area contributed by atoms with Gasteiger partial charge < -0.3 is 9.73 Å². The summed E-state index contributed by atoms with van der Waals surface area (Å²) in [4.78, 5) is 16.3. The zero-order valence-corrected chi connectivity index (χ0v) is 12.8. The summed E-state index contributed by atoms with van der Waals surface area (Å²) in [5, 5.41) is 2.85. The fourth-order valence-electron chi connectivity index (χ4n) is 2.04. The van der Waals surface area contributed by atoms with Crippen LogP contribution in [0.25, 0.3) is 11.1 Å². The molecule has 1 N–H and O–H groups in total. The van der Waals surface area contributed by atoms with Crippen molar-refractivity contribution in [2.24, 2.45) is 0 Å². The molecule has 0 fully saturated rings. The zero-order valence-electron chi connectivity index (χ0n) is 11.2. The van der Waals surface area contributed by atoms with Crippen molar-refractivity contribution in [1.82, 2.24) is 4.98 Å². The van der Waals surface area contributed by atoms with E-state index in [1.54, 1.807) is 0 Å². The number of aryl methyl sites for hydroxylation is 1. The Hall–Kier alpha value is -2.14. The van der Waals surface area contributed by atoms with E-state index < -0.39 is 0 Å². The lowest BCUT2D eigenvalue weighted by Crippen LogP contribution is -2.12. The van der Waals surface area contributed by atoms with E-state index in [4.69, 9.17) is 4.42 Å². The number of rotatable bonds is 4. The summed E-state index contributed by atoms with van der Waals surface area (Å²) in [6.45, 7) is 0. The maximum atomic E-state index is 11.9. The highest BCUT2D eigenvalue weighted by molar-refractivity contribution is 9.10. The van der Waals surface area contributed by atoms with E-state index in [-0.39, 0.29) is 5.91 Å². The smallest absolute Gasteiger partial charge is 0.224 e. The van der Waals surface area contributed by atoms with Crippen molar-refractivity contribution in [2.75, 3.05) is 5.32 Å². The number of carbonyl (C=O) groups excluding carboxylic acids is 1. The number of fused-ring (bicyclic) bond motifs is 1. The minimum Gasteiger partial charge on any atom is -0.441 e. The van der Waals surface area contributed by atoms with Crippen molar-refractivity contribution in [3.8, 4) is 0 Å². The van der Waals surface area contributed by atoms with Gasteiger partial charge in [-0.05, 0) is 30.3 Å². The lowest BCUT2D eigenvalue weighted by molar-refractivity contribution is -0.116. The second-order valence-corrected chi connectivity index (χ2v) is 5.55. The van der Waals surface area contributed by atoms with Crippen molar-refractivity contribution < 1.29 is 9.21 Å². The fraction of sp³-hybridized carbons (Fsp3) is 0.125. The standard InChI is InChI=1S/C16H13BrN2O2/c17-11-4-3-5-12(10-11)18-15(20)8-9-16-19-13-6-1-2-7-14(13)21-16/h1-7,10H,8-9H2,(H,18,20). The summed E-state index contributed by atoms with van der Waals surface area (Å²) >= 11 is 3.37. The van der Waals surface area contributed by atoms with Crippen LogP contribution in [0.3, 0.4) is 0 Å². The molecular weight excluding hydrogens is 332 g/mol. The maximum Gasteiger partial charge on any atom is 0.224 e. The molecule has 0 atom stereocenters. The van der Waals surface area contributed by atoms with Gasteiger partial charge in [0.15, 0.2) is 11.5 Å². The number of hydrogen-bond acceptors (Lipinski definition) is 3. The van der Waals surface area contributed by atoms with Crippen LogP contribution in [0.5, 0.6) is 0 Å². The fourth-order valence-corrected chi connectivity index (χ4v) is 2.44. The van der Waals surface area contributed by atoms with Gasteiger partial charge in [-0.15, -0.1) is 0 Å². The third-order valence-corrected chi connectivity index (χ3v) is 3.51. The first-order valence-electron chi connectivity index (χ1n) is 6.60. The number of anilines is 1. The third kappa shape index (κ3) is 3.49. The number of nitrogens with zero attached hydrogens (tertiary/aromatic N) is 1. The Morgan fingerprint density at radius 3 is 2.86 bits per heavy atom. The summed E-state index contributed by atoms with van der Waals surface area (Å²) < 4.78 is 6.52. The number of halogens is 1. The molecule has 0 spiro atoms. The molecule has 0 unspecified atom stereocenters. The molecule has 3 rings (SSSR count).